The van der Waals surface area contributed by atoms with Gasteiger partial charge in [0.15, 0.2) is 0 Å². The normalized spacial score (nSPS) is 10.4. The molecule has 1 aromatic heterocycles. The Morgan fingerprint density at radius 1 is 1.43 bits per heavy atom. The summed E-state index contributed by atoms with van der Waals surface area (Å²) in [5.41, 5.74) is 0. The van der Waals surface area contributed by atoms with Crippen LogP contribution in [0.5, 0.6) is 5.75 Å². The Labute approximate surface area is 86.7 Å². The molecule has 3 nitrogen and oxygen atoms in total. The van der Waals surface area contributed by atoms with Gasteiger partial charge in [0, 0.05) is 0 Å². The molecule has 4 heteroatoms. The van der Waals surface area contributed by atoms with E-state index in [1.54, 1.807) is 13.2 Å². The Bertz CT molecular complexity index is 487. The molecule has 14 heavy (non-hydrogen) atoms. The first kappa shape index (κ1) is 9.31. The van der Waals surface area contributed by atoms with E-state index in [1.165, 1.54) is 0 Å². The molecule has 1 heterocycles. The van der Waals surface area contributed by atoms with Gasteiger partial charge in [0.25, 0.3) is 0 Å². The number of rotatable bonds is 2. The molecule has 0 spiro atoms. The summed E-state index contributed by atoms with van der Waals surface area (Å²) in [5.74, 6) is -0.0531. The molecule has 0 aliphatic carbocycles. The van der Waals surface area contributed by atoms with Crippen LogP contribution in [0.4, 0.5) is 0 Å². The molecular weight excluding hydrogens is 247 g/mol. The number of benzene rings is 1. The summed E-state index contributed by atoms with van der Waals surface area (Å²) in [6.07, 6.45) is 0. The van der Waals surface area contributed by atoms with Crippen LogP contribution in [0.3, 0.4) is 0 Å². The molecule has 0 bridgehead atoms. The Hall–Kier alpha value is -1.25. The van der Waals surface area contributed by atoms with Crippen molar-refractivity contribution in [2.75, 3.05) is 7.11 Å². The van der Waals surface area contributed by atoms with E-state index in [0.29, 0.717) is 4.44 Å². The molecule has 1 aromatic carbocycles. The van der Waals surface area contributed by atoms with Gasteiger partial charge in [-0.2, -0.15) is 0 Å². The average molecular weight is 255 g/mol. The van der Waals surface area contributed by atoms with Gasteiger partial charge in [-0.25, -0.2) is 0 Å². The maximum atomic E-state index is 10.7. The van der Waals surface area contributed by atoms with Gasteiger partial charge in [-0.1, -0.05) is 0 Å². The zero-order valence-corrected chi connectivity index (χ0v) is 9.19. The molecule has 2 rings (SSSR count). The number of hydrogen-bond acceptors (Lipinski definition) is 2. The van der Waals surface area contributed by atoms with E-state index in [1.807, 2.05) is 18.2 Å². The summed E-state index contributed by atoms with van der Waals surface area (Å²) in [4.78, 5) is 10.7. The average Bonchev–Trinajstić information content (AvgIpc) is 2.59. The molecule has 0 amide bonds. The molecule has 1 N–H and O–H groups in total. The number of hydrogen-bond donors (Lipinski definition) is 1. The standard InChI is InChI=1S/C10H8O3Se/c1-13-7-2-3-8-6(4-7)5-9(14-8)10(11)12/h2-5H,1H3,(H,11,12). The summed E-state index contributed by atoms with van der Waals surface area (Å²) in [5, 5.41) is 9.80. The van der Waals surface area contributed by atoms with Gasteiger partial charge in [-0.05, 0) is 0 Å². The van der Waals surface area contributed by atoms with Crippen LogP contribution < -0.4 is 4.74 Å². The number of methoxy groups -OCH3 is 1. The molecule has 72 valence electrons. The molecule has 0 radical (unpaired) electrons. The predicted octanol–water partition coefficient (Wildman–Crippen LogP) is 1.60. The molecule has 0 aliphatic heterocycles. The van der Waals surface area contributed by atoms with Crippen LogP contribution in [0, 0.1) is 0 Å². The van der Waals surface area contributed by atoms with Crippen LogP contribution in [-0.2, 0) is 0 Å². The first-order chi connectivity index (χ1) is 6.70. The molecule has 2 aromatic rings. The molecule has 0 fully saturated rings. The zero-order valence-electron chi connectivity index (χ0n) is 7.48. The predicted molar refractivity (Wildman–Crippen MR) is 54.4 cm³/mol. The molecule has 0 aliphatic rings. The van der Waals surface area contributed by atoms with Crippen molar-refractivity contribution in [1.29, 1.82) is 0 Å². The molecule has 0 saturated heterocycles. The monoisotopic (exact) mass is 256 g/mol. The minimum atomic E-state index is -0.819. The second kappa shape index (κ2) is 3.48. The summed E-state index contributed by atoms with van der Waals surface area (Å²) in [6.45, 7) is 0. The van der Waals surface area contributed by atoms with Crippen LogP contribution in [-0.4, -0.2) is 32.7 Å². The molecule has 0 unspecified atom stereocenters. The van der Waals surface area contributed by atoms with Crippen molar-refractivity contribution < 1.29 is 14.6 Å². The molecule has 0 atom stereocenters. The third-order valence-corrected chi connectivity index (χ3v) is 4.25. The van der Waals surface area contributed by atoms with E-state index in [4.69, 9.17) is 9.84 Å². The number of carboxylic acids is 1. The van der Waals surface area contributed by atoms with Crippen LogP contribution in [0.2, 0.25) is 0 Å². The fraction of sp³-hybridized carbons (Fsp3) is 0.100. The topological polar surface area (TPSA) is 46.5 Å². The van der Waals surface area contributed by atoms with Crippen LogP contribution in [0.25, 0.3) is 9.65 Å². The number of fused-ring (bicyclic) bond motifs is 1. The van der Waals surface area contributed by atoms with E-state index >= 15 is 0 Å². The van der Waals surface area contributed by atoms with E-state index < -0.39 is 5.97 Å². The number of ether oxygens (including phenoxy) is 1. The molecule has 0 saturated carbocycles. The van der Waals surface area contributed by atoms with Crippen molar-refractivity contribution >= 4 is 30.1 Å². The van der Waals surface area contributed by atoms with Gasteiger partial charge in [0.2, 0.25) is 0 Å². The number of aromatic carboxylic acids is 1. The van der Waals surface area contributed by atoms with Gasteiger partial charge >= 0.3 is 86.3 Å². The van der Waals surface area contributed by atoms with Gasteiger partial charge < -0.3 is 0 Å². The Kier molecular flexibility index (Phi) is 2.31. The molecular formula is C10H8O3Se. The number of carboxylic acid groups (broad SMARTS) is 1. The van der Waals surface area contributed by atoms with Crippen LogP contribution in [0.15, 0.2) is 24.3 Å². The fourth-order valence-corrected chi connectivity index (χ4v) is 3.10. The Morgan fingerprint density at radius 2 is 2.21 bits per heavy atom. The van der Waals surface area contributed by atoms with E-state index in [2.05, 4.69) is 0 Å². The first-order valence-electron chi connectivity index (χ1n) is 4.01. The third kappa shape index (κ3) is 1.54. The zero-order chi connectivity index (χ0) is 10.1. The summed E-state index contributed by atoms with van der Waals surface area (Å²) < 4.78 is 6.67. The van der Waals surface area contributed by atoms with Crippen molar-refractivity contribution in [3.05, 3.63) is 28.7 Å². The fourth-order valence-electron chi connectivity index (χ4n) is 1.25. The number of carbonyl (C=O) groups is 1. The Morgan fingerprint density at radius 3 is 2.86 bits per heavy atom. The van der Waals surface area contributed by atoms with Crippen molar-refractivity contribution in [2.24, 2.45) is 0 Å². The minimum absolute atomic E-state index is 0.0621. The second-order valence-corrected chi connectivity index (χ2v) is 5.09. The first-order valence-corrected chi connectivity index (χ1v) is 5.73. The van der Waals surface area contributed by atoms with Crippen LogP contribution >= 0.6 is 0 Å². The van der Waals surface area contributed by atoms with Gasteiger partial charge in [0.05, 0.1) is 0 Å². The van der Waals surface area contributed by atoms with Gasteiger partial charge in [-0.3, -0.25) is 0 Å². The summed E-state index contributed by atoms with van der Waals surface area (Å²) in [7, 11) is 1.60. The van der Waals surface area contributed by atoms with E-state index in [-0.39, 0.29) is 14.5 Å². The van der Waals surface area contributed by atoms with Crippen molar-refractivity contribution in [2.45, 2.75) is 0 Å². The SMILES string of the molecule is COc1ccc2[se]c(C(=O)O)cc2c1. The third-order valence-electron chi connectivity index (χ3n) is 1.93. The summed E-state index contributed by atoms with van der Waals surface area (Å²) >= 11 is -0.0621. The maximum absolute atomic E-state index is 10.7. The van der Waals surface area contributed by atoms with Gasteiger partial charge in [0.1, 0.15) is 0 Å². The van der Waals surface area contributed by atoms with Crippen molar-refractivity contribution in [3.63, 3.8) is 0 Å². The van der Waals surface area contributed by atoms with E-state index in [9.17, 15) is 4.79 Å². The van der Waals surface area contributed by atoms with Crippen molar-refractivity contribution in [1.82, 2.24) is 0 Å². The second-order valence-electron chi connectivity index (χ2n) is 2.82. The Balaban J connectivity index is 2.60. The van der Waals surface area contributed by atoms with Crippen LogP contribution in [0.1, 0.15) is 9.23 Å². The van der Waals surface area contributed by atoms with Crippen molar-refractivity contribution in [3.8, 4) is 5.75 Å². The quantitative estimate of drug-likeness (QED) is 0.829. The summed E-state index contributed by atoms with van der Waals surface area (Å²) in [6, 6.07) is 7.38. The van der Waals surface area contributed by atoms with E-state index in [0.717, 1.165) is 15.4 Å². The van der Waals surface area contributed by atoms with Gasteiger partial charge in [-0.15, -0.1) is 0 Å².